The fourth-order valence-electron chi connectivity index (χ4n) is 2.77. The van der Waals surface area contributed by atoms with Crippen LogP contribution in [0.4, 0.5) is 5.00 Å². The minimum absolute atomic E-state index is 0.166. The highest BCUT2D eigenvalue weighted by Crippen LogP contribution is 2.29. The molecule has 0 aliphatic rings. The van der Waals surface area contributed by atoms with Gasteiger partial charge in [-0.05, 0) is 44.5 Å². The summed E-state index contributed by atoms with van der Waals surface area (Å²) in [4.78, 5) is 24.8. The van der Waals surface area contributed by atoms with Crippen molar-refractivity contribution >= 4 is 51.6 Å². The van der Waals surface area contributed by atoms with E-state index >= 15 is 0 Å². The highest BCUT2D eigenvalue weighted by Gasteiger charge is 2.18. The van der Waals surface area contributed by atoms with Crippen LogP contribution in [0.1, 0.15) is 29.1 Å². The number of rotatable bonds is 8. The van der Waals surface area contributed by atoms with Crippen LogP contribution >= 0.6 is 34.7 Å². The number of anilines is 1. The maximum Gasteiger partial charge on any atom is 0.348 e. The lowest BCUT2D eigenvalue weighted by atomic mass is 10.2. The predicted octanol–water partition coefficient (Wildman–Crippen LogP) is 4.90. The van der Waals surface area contributed by atoms with Crippen LogP contribution in [-0.4, -0.2) is 39.0 Å². The summed E-state index contributed by atoms with van der Waals surface area (Å²) in [7, 11) is 0. The van der Waals surface area contributed by atoms with E-state index in [1.54, 1.807) is 19.1 Å². The Morgan fingerprint density at radius 2 is 2.07 bits per heavy atom. The molecular formula is C20H21ClN4O3S2. The van der Waals surface area contributed by atoms with E-state index in [9.17, 15) is 9.59 Å². The molecule has 0 aliphatic heterocycles. The van der Waals surface area contributed by atoms with Gasteiger partial charge in [-0.2, -0.15) is 0 Å². The summed E-state index contributed by atoms with van der Waals surface area (Å²) in [5.41, 5.74) is 1.65. The molecule has 0 spiro atoms. The number of benzene rings is 1. The molecule has 3 aromatic rings. The second-order valence-corrected chi connectivity index (χ2v) is 8.67. The Labute approximate surface area is 187 Å². The lowest BCUT2D eigenvalue weighted by Crippen LogP contribution is -2.13. The second-order valence-electron chi connectivity index (χ2n) is 6.24. The van der Waals surface area contributed by atoms with E-state index in [0.717, 1.165) is 11.1 Å². The van der Waals surface area contributed by atoms with E-state index in [-0.39, 0.29) is 17.6 Å². The molecule has 3 rings (SSSR count). The summed E-state index contributed by atoms with van der Waals surface area (Å²) in [5.74, 6) is 0.307. The number of nitrogens with zero attached hydrogens (tertiary/aromatic N) is 3. The zero-order valence-corrected chi connectivity index (χ0v) is 19.2. The van der Waals surface area contributed by atoms with E-state index in [1.807, 2.05) is 36.6 Å². The summed E-state index contributed by atoms with van der Waals surface area (Å²) < 4.78 is 6.97. The number of amides is 1. The quantitative estimate of drug-likeness (QED) is 0.377. The van der Waals surface area contributed by atoms with Gasteiger partial charge in [0.2, 0.25) is 5.91 Å². The molecule has 0 aliphatic carbocycles. The number of halogens is 1. The van der Waals surface area contributed by atoms with Gasteiger partial charge in [-0.25, -0.2) is 4.79 Å². The molecule has 0 saturated carbocycles. The number of esters is 1. The van der Waals surface area contributed by atoms with Gasteiger partial charge in [0.15, 0.2) is 11.0 Å². The van der Waals surface area contributed by atoms with Crippen molar-refractivity contribution in [2.45, 2.75) is 32.5 Å². The van der Waals surface area contributed by atoms with Crippen LogP contribution in [0.5, 0.6) is 0 Å². The number of carbonyl (C=O) groups excluding carboxylic acids is 2. The van der Waals surface area contributed by atoms with Crippen LogP contribution in [0.25, 0.3) is 11.4 Å². The Bertz CT molecular complexity index is 1060. The second kappa shape index (κ2) is 10.1. The zero-order valence-electron chi connectivity index (χ0n) is 16.8. The fraction of sp³-hybridized carbons (Fsp3) is 0.300. The number of hydrogen-bond acceptors (Lipinski definition) is 7. The Balaban J connectivity index is 1.65. The molecule has 0 fully saturated rings. The van der Waals surface area contributed by atoms with Crippen LogP contribution in [0.3, 0.4) is 0 Å². The molecule has 158 valence electrons. The number of thioether (sulfide) groups is 1. The number of carbonyl (C=O) groups is 2. The molecule has 2 aromatic heterocycles. The number of thiophene rings is 1. The molecule has 1 N–H and O–H groups in total. The van der Waals surface area contributed by atoms with Crippen molar-refractivity contribution in [3.05, 3.63) is 45.8 Å². The lowest BCUT2D eigenvalue weighted by Gasteiger charge is -2.07. The molecule has 7 nitrogen and oxygen atoms in total. The van der Waals surface area contributed by atoms with E-state index in [1.165, 1.54) is 23.1 Å². The van der Waals surface area contributed by atoms with Gasteiger partial charge in [0.05, 0.1) is 17.4 Å². The van der Waals surface area contributed by atoms with Gasteiger partial charge in [0.1, 0.15) is 4.88 Å². The van der Waals surface area contributed by atoms with Gasteiger partial charge >= 0.3 is 5.97 Å². The highest BCUT2D eigenvalue weighted by molar-refractivity contribution is 7.99. The Morgan fingerprint density at radius 3 is 2.77 bits per heavy atom. The minimum atomic E-state index is -0.375. The molecule has 2 heterocycles. The molecule has 0 unspecified atom stereocenters. The number of aryl methyl sites for hydroxylation is 1. The Morgan fingerprint density at radius 1 is 1.27 bits per heavy atom. The Kier molecular flexibility index (Phi) is 7.52. The monoisotopic (exact) mass is 464 g/mol. The molecule has 1 amide bonds. The van der Waals surface area contributed by atoms with Gasteiger partial charge in [0.25, 0.3) is 0 Å². The maximum absolute atomic E-state index is 12.4. The number of ether oxygens (including phenoxy) is 1. The molecule has 0 bridgehead atoms. The summed E-state index contributed by atoms with van der Waals surface area (Å²) in [6.07, 6.45) is 0. The van der Waals surface area contributed by atoms with Gasteiger partial charge in [-0.3, -0.25) is 4.79 Å². The van der Waals surface area contributed by atoms with Crippen molar-refractivity contribution in [3.63, 3.8) is 0 Å². The SMILES string of the molecule is CCOC(=O)c1sc(NC(=O)CSc2nnc(-c3cccc(Cl)c3)n2CC)cc1C. The minimum Gasteiger partial charge on any atom is -0.462 e. The first-order valence-electron chi connectivity index (χ1n) is 9.32. The maximum atomic E-state index is 12.4. The molecular weight excluding hydrogens is 444 g/mol. The van der Waals surface area contributed by atoms with Gasteiger partial charge < -0.3 is 14.6 Å². The smallest absolute Gasteiger partial charge is 0.348 e. The number of hydrogen-bond donors (Lipinski definition) is 1. The van der Waals surface area contributed by atoms with E-state index < -0.39 is 0 Å². The van der Waals surface area contributed by atoms with E-state index in [4.69, 9.17) is 16.3 Å². The summed E-state index contributed by atoms with van der Waals surface area (Å²) in [6, 6.07) is 9.19. The van der Waals surface area contributed by atoms with Crippen LogP contribution in [0.15, 0.2) is 35.5 Å². The van der Waals surface area contributed by atoms with Crippen LogP contribution in [0.2, 0.25) is 5.02 Å². The molecule has 30 heavy (non-hydrogen) atoms. The summed E-state index contributed by atoms with van der Waals surface area (Å²) in [5, 5.41) is 13.2. The summed E-state index contributed by atoms with van der Waals surface area (Å²) >= 11 is 8.59. The van der Waals surface area contributed by atoms with E-state index in [2.05, 4.69) is 15.5 Å². The van der Waals surface area contributed by atoms with Crippen LogP contribution in [-0.2, 0) is 16.1 Å². The first kappa shape index (κ1) is 22.3. The Hall–Kier alpha value is -2.36. The standard InChI is InChI=1S/C20H21ClN4O3S2/c1-4-25-18(13-7-6-8-14(21)10-13)23-24-20(25)29-11-15(26)22-16-9-12(3)17(30-16)19(27)28-5-2/h6-10H,4-5,11H2,1-3H3,(H,22,26). The first-order chi connectivity index (χ1) is 14.4. The third kappa shape index (κ3) is 5.21. The molecule has 10 heteroatoms. The fourth-order valence-corrected chi connectivity index (χ4v) is 4.74. The largest absolute Gasteiger partial charge is 0.462 e. The highest BCUT2D eigenvalue weighted by atomic mass is 35.5. The van der Waals surface area contributed by atoms with Crippen molar-refractivity contribution < 1.29 is 14.3 Å². The van der Waals surface area contributed by atoms with Crippen molar-refractivity contribution in [1.29, 1.82) is 0 Å². The predicted molar refractivity (Wildman–Crippen MR) is 121 cm³/mol. The zero-order chi connectivity index (χ0) is 21.7. The van der Waals surface area contributed by atoms with Gasteiger partial charge in [0, 0.05) is 17.1 Å². The van der Waals surface area contributed by atoms with Crippen molar-refractivity contribution in [2.75, 3.05) is 17.7 Å². The summed E-state index contributed by atoms with van der Waals surface area (Å²) in [6.45, 7) is 6.53. The van der Waals surface area contributed by atoms with Crippen molar-refractivity contribution in [1.82, 2.24) is 14.8 Å². The number of aromatic nitrogens is 3. The van der Waals surface area contributed by atoms with Gasteiger partial charge in [-0.15, -0.1) is 21.5 Å². The normalized spacial score (nSPS) is 10.8. The average molecular weight is 465 g/mol. The third-order valence-electron chi connectivity index (χ3n) is 4.09. The van der Waals surface area contributed by atoms with Crippen molar-refractivity contribution in [3.8, 4) is 11.4 Å². The van der Waals surface area contributed by atoms with Gasteiger partial charge in [-0.1, -0.05) is 35.5 Å². The van der Waals surface area contributed by atoms with Crippen molar-refractivity contribution in [2.24, 2.45) is 0 Å². The number of nitrogens with one attached hydrogen (secondary N) is 1. The molecule has 0 radical (unpaired) electrons. The topological polar surface area (TPSA) is 86.1 Å². The van der Waals surface area contributed by atoms with Crippen LogP contribution < -0.4 is 5.32 Å². The lowest BCUT2D eigenvalue weighted by molar-refractivity contribution is -0.113. The molecule has 1 aromatic carbocycles. The van der Waals surface area contributed by atoms with E-state index in [0.29, 0.717) is 39.0 Å². The first-order valence-corrected chi connectivity index (χ1v) is 11.5. The average Bonchev–Trinajstić information content (AvgIpc) is 3.29. The molecule has 0 saturated heterocycles. The molecule has 0 atom stereocenters. The third-order valence-corrected chi connectivity index (χ3v) is 6.42. The van der Waals surface area contributed by atoms with Crippen LogP contribution in [0, 0.1) is 6.92 Å².